The number of aromatic nitrogens is 1. The molecule has 0 aliphatic carbocycles. The van der Waals surface area contributed by atoms with E-state index in [9.17, 15) is 18.0 Å². The van der Waals surface area contributed by atoms with Gasteiger partial charge in [-0.25, -0.2) is 0 Å². The third-order valence-electron chi connectivity index (χ3n) is 7.42. The van der Waals surface area contributed by atoms with Gasteiger partial charge in [0.25, 0.3) is 0 Å². The average Bonchev–Trinajstić information content (AvgIpc) is 3.35. The summed E-state index contributed by atoms with van der Waals surface area (Å²) in [5, 5.41) is 1.50. The van der Waals surface area contributed by atoms with Crippen LogP contribution in [0.1, 0.15) is 41.5 Å². The number of carbonyl (C=O) groups is 1. The minimum atomic E-state index is -4.53. The molecule has 4 aromatic rings. The number of anilines is 1. The van der Waals surface area contributed by atoms with Crippen LogP contribution in [0, 0.1) is 0 Å². The van der Waals surface area contributed by atoms with Crippen LogP contribution >= 0.6 is 11.6 Å². The number of nitrogens with one attached hydrogen (secondary N) is 1. The van der Waals surface area contributed by atoms with E-state index < -0.39 is 17.7 Å². The summed E-state index contributed by atoms with van der Waals surface area (Å²) in [4.78, 5) is 20.8. The number of H-pyrrole nitrogens is 1. The van der Waals surface area contributed by atoms with Crippen molar-refractivity contribution in [2.45, 2.75) is 31.9 Å². The third-order valence-corrected chi connectivity index (χ3v) is 7.65. The van der Waals surface area contributed by atoms with Gasteiger partial charge in [-0.1, -0.05) is 61.0 Å². The average molecular weight is 540 g/mol. The number of fused-ring (bicyclic) bond motifs is 1. The molecule has 0 radical (unpaired) electrons. The van der Waals surface area contributed by atoms with E-state index in [2.05, 4.69) is 9.88 Å². The van der Waals surface area contributed by atoms with Crippen LogP contribution < -0.4 is 4.90 Å². The molecular weight excluding hydrogens is 511 g/mol. The van der Waals surface area contributed by atoms with Gasteiger partial charge in [0.05, 0.1) is 5.56 Å². The lowest BCUT2D eigenvalue weighted by Gasteiger charge is -2.37. The van der Waals surface area contributed by atoms with E-state index in [0.29, 0.717) is 36.8 Å². The molecule has 1 saturated heterocycles. The summed E-state index contributed by atoms with van der Waals surface area (Å²) in [7, 11) is 0. The first-order valence-corrected chi connectivity index (χ1v) is 13.2. The molecule has 0 spiro atoms. The molecule has 2 heterocycles. The van der Waals surface area contributed by atoms with Crippen molar-refractivity contribution >= 4 is 34.1 Å². The Kier molecular flexibility index (Phi) is 7.39. The maximum absolute atomic E-state index is 14.1. The van der Waals surface area contributed by atoms with Crippen LogP contribution in [0.15, 0.2) is 72.9 Å². The summed E-state index contributed by atoms with van der Waals surface area (Å²) < 4.78 is 42.3. The second-order valence-electron chi connectivity index (χ2n) is 9.63. The molecule has 1 aromatic heterocycles. The predicted octanol–water partition coefficient (Wildman–Crippen LogP) is 7.27. The Morgan fingerprint density at radius 3 is 2.42 bits per heavy atom. The monoisotopic (exact) mass is 539 g/mol. The Hall–Kier alpha value is -3.45. The summed E-state index contributed by atoms with van der Waals surface area (Å²) >= 11 is 6.14. The number of aromatic amines is 1. The van der Waals surface area contributed by atoms with Crippen molar-refractivity contribution in [2.75, 3.05) is 31.1 Å². The molecule has 0 bridgehead atoms. The topological polar surface area (TPSA) is 39.3 Å². The molecule has 198 valence electrons. The van der Waals surface area contributed by atoms with Gasteiger partial charge in [-0.3, -0.25) is 4.79 Å². The highest BCUT2D eigenvalue weighted by molar-refractivity contribution is 6.30. The normalized spacial score (nSPS) is 15.2. The number of halogens is 4. The summed E-state index contributed by atoms with van der Waals surface area (Å²) in [6.45, 7) is 4.28. The predicted molar refractivity (Wildman–Crippen MR) is 146 cm³/mol. The van der Waals surface area contributed by atoms with Gasteiger partial charge in [0.2, 0.25) is 5.91 Å². The van der Waals surface area contributed by atoms with Crippen LogP contribution in [0.3, 0.4) is 0 Å². The van der Waals surface area contributed by atoms with Crippen molar-refractivity contribution in [2.24, 2.45) is 0 Å². The number of benzene rings is 3. The molecule has 1 atom stereocenters. The first kappa shape index (κ1) is 26.2. The summed E-state index contributed by atoms with van der Waals surface area (Å²) in [5.41, 5.74) is 3.10. The molecular formula is C30H29ClF3N3O. The van der Waals surface area contributed by atoms with E-state index in [1.165, 1.54) is 12.1 Å². The zero-order valence-corrected chi connectivity index (χ0v) is 21.8. The van der Waals surface area contributed by atoms with Gasteiger partial charge in [0.15, 0.2) is 0 Å². The molecule has 5 rings (SSSR count). The highest BCUT2D eigenvalue weighted by atomic mass is 35.5. The number of rotatable bonds is 6. The molecule has 1 amide bonds. The second kappa shape index (κ2) is 10.7. The SMILES string of the molecule is CCc1cccc2c(C(CC(=O)N3CCN(c4cccc(Cl)c4)CC3)c3ccccc3C(F)(F)F)c[nH]c12. The van der Waals surface area contributed by atoms with Crippen LogP contribution in [0.5, 0.6) is 0 Å². The van der Waals surface area contributed by atoms with Crippen molar-refractivity contribution in [3.8, 4) is 0 Å². The summed E-state index contributed by atoms with van der Waals surface area (Å²) in [5.74, 6) is -0.897. The van der Waals surface area contributed by atoms with E-state index >= 15 is 0 Å². The van der Waals surface area contributed by atoms with E-state index in [1.54, 1.807) is 17.2 Å². The highest BCUT2D eigenvalue weighted by Crippen LogP contribution is 2.41. The lowest BCUT2D eigenvalue weighted by molar-refractivity contribution is -0.139. The number of nitrogens with zero attached hydrogens (tertiary/aromatic N) is 2. The fourth-order valence-corrected chi connectivity index (χ4v) is 5.64. The number of amides is 1. The fraction of sp³-hybridized carbons (Fsp3) is 0.300. The summed E-state index contributed by atoms with van der Waals surface area (Å²) in [6.07, 6.45) is -2.02. The number of hydrogen-bond donors (Lipinski definition) is 1. The zero-order valence-electron chi connectivity index (χ0n) is 21.1. The summed E-state index contributed by atoms with van der Waals surface area (Å²) in [6, 6.07) is 19.0. The molecule has 1 N–H and O–H groups in total. The van der Waals surface area contributed by atoms with Crippen molar-refractivity contribution in [1.29, 1.82) is 0 Å². The molecule has 3 aromatic carbocycles. The minimum absolute atomic E-state index is 0.0481. The van der Waals surface area contributed by atoms with Gasteiger partial charge in [0.1, 0.15) is 0 Å². The Labute approximate surface area is 225 Å². The molecule has 1 aliphatic heterocycles. The molecule has 0 saturated carbocycles. The van der Waals surface area contributed by atoms with Crippen molar-refractivity contribution < 1.29 is 18.0 Å². The van der Waals surface area contributed by atoms with Gasteiger partial charge in [-0.05, 0) is 47.4 Å². The Balaban J connectivity index is 1.45. The smallest absolute Gasteiger partial charge is 0.368 e. The Bertz CT molecular complexity index is 1440. The van der Waals surface area contributed by atoms with Gasteiger partial charge in [-0.15, -0.1) is 0 Å². The molecule has 38 heavy (non-hydrogen) atoms. The number of aryl methyl sites for hydroxylation is 1. The molecule has 8 heteroatoms. The Morgan fingerprint density at radius 2 is 1.71 bits per heavy atom. The second-order valence-corrected chi connectivity index (χ2v) is 10.1. The van der Waals surface area contributed by atoms with Gasteiger partial charge >= 0.3 is 6.18 Å². The molecule has 1 unspecified atom stereocenters. The first-order chi connectivity index (χ1) is 18.3. The highest BCUT2D eigenvalue weighted by Gasteiger charge is 2.37. The Morgan fingerprint density at radius 1 is 0.974 bits per heavy atom. The first-order valence-electron chi connectivity index (χ1n) is 12.8. The maximum Gasteiger partial charge on any atom is 0.416 e. The molecule has 1 fully saturated rings. The largest absolute Gasteiger partial charge is 0.416 e. The third kappa shape index (κ3) is 5.25. The lowest BCUT2D eigenvalue weighted by atomic mass is 9.84. The fourth-order valence-electron chi connectivity index (χ4n) is 5.46. The number of carbonyl (C=O) groups excluding carboxylic acids is 1. The standard InChI is InChI=1S/C30H29ClF3N3O/c1-2-20-7-5-11-24-26(19-35-29(20)24)25(23-10-3-4-12-27(23)30(32,33)34)18-28(38)37-15-13-36(14-16-37)22-9-6-8-21(31)17-22/h3-12,17,19,25,35H,2,13-16,18H2,1H3. The van der Waals surface area contributed by atoms with Gasteiger partial charge in [-0.2, -0.15) is 13.2 Å². The number of para-hydroxylation sites is 1. The van der Waals surface area contributed by atoms with Crippen LogP contribution in [-0.2, 0) is 17.4 Å². The quantitative estimate of drug-likeness (QED) is 0.280. The number of hydrogen-bond acceptors (Lipinski definition) is 2. The number of alkyl halides is 3. The van der Waals surface area contributed by atoms with Crippen molar-refractivity contribution in [3.05, 3.63) is 100 Å². The van der Waals surface area contributed by atoms with E-state index in [1.807, 2.05) is 49.4 Å². The van der Waals surface area contributed by atoms with Crippen molar-refractivity contribution in [3.63, 3.8) is 0 Å². The van der Waals surface area contributed by atoms with Crippen LogP contribution in [0.25, 0.3) is 10.9 Å². The molecule has 4 nitrogen and oxygen atoms in total. The van der Waals surface area contributed by atoms with Crippen LogP contribution in [-0.4, -0.2) is 42.0 Å². The zero-order chi connectivity index (χ0) is 26.9. The lowest BCUT2D eigenvalue weighted by Crippen LogP contribution is -2.49. The van der Waals surface area contributed by atoms with E-state index in [4.69, 9.17) is 11.6 Å². The maximum atomic E-state index is 14.1. The molecule has 1 aliphatic rings. The van der Waals surface area contributed by atoms with Crippen LogP contribution in [0.4, 0.5) is 18.9 Å². The van der Waals surface area contributed by atoms with Gasteiger partial charge in [0, 0.05) is 66.3 Å². The van der Waals surface area contributed by atoms with Crippen LogP contribution in [0.2, 0.25) is 5.02 Å². The van der Waals surface area contributed by atoms with Gasteiger partial charge < -0.3 is 14.8 Å². The van der Waals surface area contributed by atoms with Crippen molar-refractivity contribution in [1.82, 2.24) is 9.88 Å². The van der Waals surface area contributed by atoms with E-state index in [-0.39, 0.29) is 17.9 Å². The minimum Gasteiger partial charge on any atom is -0.368 e. The number of piperazine rings is 1. The van der Waals surface area contributed by atoms with E-state index in [0.717, 1.165) is 34.6 Å².